The zero-order valence-corrected chi connectivity index (χ0v) is 12.7. The summed E-state index contributed by atoms with van der Waals surface area (Å²) in [5.74, 6) is 1.31. The van der Waals surface area contributed by atoms with Crippen LogP contribution in [-0.2, 0) is 4.79 Å². The molecule has 0 spiro atoms. The molecule has 0 saturated carbocycles. The number of amides is 1. The number of carbonyl (C=O) groups is 1. The monoisotopic (exact) mass is 310 g/mol. The summed E-state index contributed by atoms with van der Waals surface area (Å²) in [7, 11) is 1.78. The first kappa shape index (κ1) is 14.5. The van der Waals surface area contributed by atoms with Crippen LogP contribution in [0, 0.1) is 0 Å². The Morgan fingerprint density at radius 3 is 2.90 bits per heavy atom. The third-order valence-electron chi connectivity index (χ3n) is 4.07. The number of piperidine rings is 1. The van der Waals surface area contributed by atoms with Crippen LogP contribution in [0.1, 0.15) is 30.9 Å². The Kier molecular flexibility index (Phi) is 3.95. The lowest BCUT2D eigenvalue weighted by Crippen LogP contribution is -2.46. The van der Waals surface area contributed by atoms with Crippen LogP contribution in [0.25, 0.3) is 0 Å². The fourth-order valence-electron chi connectivity index (χ4n) is 2.96. The summed E-state index contributed by atoms with van der Waals surface area (Å²) in [5.41, 5.74) is 7.11. The molecule has 2 atom stereocenters. The van der Waals surface area contributed by atoms with Gasteiger partial charge in [0.15, 0.2) is 11.5 Å². The van der Waals surface area contributed by atoms with Gasteiger partial charge in [0.25, 0.3) is 0 Å². The molecule has 1 fully saturated rings. The van der Waals surface area contributed by atoms with Gasteiger partial charge in [0.2, 0.25) is 5.91 Å². The van der Waals surface area contributed by atoms with E-state index in [9.17, 15) is 4.79 Å². The molecular formula is C15H19ClN2O3. The number of hydrogen-bond acceptors (Lipinski definition) is 4. The van der Waals surface area contributed by atoms with Gasteiger partial charge >= 0.3 is 0 Å². The van der Waals surface area contributed by atoms with E-state index in [1.54, 1.807) is 11.9 Å². The smallest absolute Gasteiger partial charge is 0.222 e. The Hall–Kier alpha value is -1.46. The van der Waals surface area contributed by atoms with Gasteiger partial charge in [0.05, 0.1) is 24.3 Å². The number of benzene rings is 1. The van der Waals surface area contributed by atoms with Crippen LogP contribution in [0.4, 0.5) is 0 Å². The largest absolute Gasteiger partial charge is 0.489 e. The molecule has 1 amide bonds. The first-order valence-electron chi connectivity index (χ1n) is 7.18. The van der Waals surface area contributed by atoms with E-state index < -0.39 is 0 Å². The van der Waals surface area contributed by atoms with E-state index in [2.05, 4.69) is 0 Å². The number of hydrogen-bond donors (Lipinski definition) is 1. The highest BCUT2D eigenvalue weighted by atomic mass is 35.5. The molecule has 5 nitrogen and oxygen atoms in total. The molecule has 1 aromatic carbocycles. The van der Waals surface area contributed by atoms with E-state index in [-0.39, 0.29) is 18.0 Å². The van der Waals surface area contributed by atoms with Gasteiger partial charge in [-0.25, -0.2) is 0 Å². The van der Waals surface area contributed by atoms with Gasteiger partial charge in [-0.3, -0.25) is 4.79 Å². The molecule has 0 bridgehead atoms. The fourth-order valence-corrected chi connectivity index (χ4v) is 3.23. The summed E-state index contributed by atoms with van der Waals surface area (Å²) >= 11 is 6.32. The Morgan fingerprint density at radius 2 is 2.10 bits per heavy atom. The molecule has 2 unspecified atom stereocenters. The predicted octanol–water partition coefficient (Wildman–Crippen LogP) is 2.12. The maximum atomic E-state index is 11.9. The van der Waals surface area contributed by atoms with Crippen LogP contribution in [0.5, 0.6) is 11.5 Å². The molecule has 114 valence electrons. The normalized spacial score (nSPS) is 25.7. The second-order valence-electron chi connectivity index (χ2n) is 5.53. The average Bonchev–Trinajstić information content (AvgIpc) is 2.69. The highest BCUT2D eigenvalue weighted by Crippen LogP contribution is 2.41. The van der Waals surface area contributed by atoms with Gasteiger partial charge in [0.1, 0.15) is 0 Å². The van der Waals surface area contributed by atoms with Crippen molar-refractivity contribution in [3.8, 4) is 11.5 Å². The molecule has 3 rings (SSSR count). The molecule has 2 aliphatic heterocycles. The molecule has 0 radical (unpaired) electrons. The standard InChI is InChI=1S/C15H19ClN2O3/c1-18-13(19)4-3-11(17)14(18)9-7-10(16)15-12(8-9)20-5-2-6-21-15/h7-8,11,14H,2-6,17H2,1H3. The SMILES string of the molecule is CN1C(=O)CCC(N)C1c1cc(Cl)c2c(c1)OCCCO2. The summed E-state index contributed by atoms with van der Waals surface area (Å²) in [6, 6.07) is 3.44. The average molecular weight is 311 g/mol. The van der Waals surface area contributed by atoms with Crippen molar-refractivity contribution in [2.24, 2.45) is 5.73 Å². The second kappa shape index (κ2) is 5.73. The van der Waals surface area contributed by atoms with Gasteiger partial charge < -0.3 is 20.1 Å². The number of likely N-dealkylation sites (tertiary alicyclic amines) is 1. The van der Waals surface area contributed by atoms with Crippen LogP contribution < -0.4 is 15.2 Å². The first-order valence-corrected chi connectivity index (χ1v) is 7.56. The van der Waals surface area contributed by atoms with Gasteiger partial charge in [-0.15, -0.1) is 0 Å². The van der Waals surface area contributed by atoms with E-state index >= 15 is 0 Å². The summed E-state index contributed by atoms with van der Waals surface area (Å²) in [4.78, 5) is 13.6. The van der Waals surface area contributed by atoms with Crippen molar-refractivity contribution in [2.75, 3.05) is 20.3 Å². The zero-order valence-electron chi connectivity index (χ0n) is 12.0. The van der Waals surface area contributed by atoms with Crippen LogP contribution in [0.15, 0.2) is 12.1 Å². The van der Waals surface area contributed by atoms with Crippen LogP contribution in [-0.4, -0.2) is 37.1 Å². The zero-order chi connectivity index (χ0) is 15.0. The highest BCUT2D eigenvalue weighted by molar-refractivity contribution is 6.32. The van der Waals surface area contributed by atoms with E-state index in [4.69, 9.17) is 26.8 Å². The van der Waals surface area contributed by atoms with Gasteiger partial charge in [0, 0.05) is 25.9 Å². The molecule has 21 heavy (non-hydrogen) atoms. The van der Waals surface area contributed by atoms with Crippen molar-refractivity contribution in [1.29, 1.82) is 0 Å². The van der Waals surface area contributed by atoms with Crippen LogP contribution in [0.3, 0.4) is 0 Å². The van der Waals surface area contributed by atoms with Crippen LogP contribution in [0.2, 0.25) is 5.02 Å². The molecule has 1 saturated heterocycles. The van der Waals surface area contributed by atoms with Gasteiger partial charge in [-0.2, -0.15) is 0 Å². The number of rotatable bonds is 1. The predicted molar refractivity (Wildman–Crippen MR) is 79.8 cm³/mol. The number of nitrogens with zero attached hydrogens (tertiary/aromatic N) is 1. The van der Waals surface area contributed by atoms with Crippen molar-refractivity contribution in [3.63, 3.8) is 0 Å². The molecule has 0 aromatic heterocycles. The number of carbonyl (C=O) groups excluding carboxylic acids is 1. The summed E-state index contributed by atoms with van der Waals surface area (Å²) in [5, 5.41) is 0.503. The van der Waals surface area contributed by atoms with Crippen molar-refractivity contribution >= 4 is 17.5 Å². The van der Waals surface area contributed by atoms with E-state index in [0.717, 1.165) is 12.0 Å². The number of nitrogens with two attached hydrogens (primary N) is 1. The number of ether oxygens (including phenoxy) is 2. The maximum Gasteiger partial charge on any atom is 0.222 e. The number of likely N-dealkylation sites (N-methyl/N-ethyl adjacent to an activating group) is 1. The fraction of sp³-hybridized carbons (Fsp3) is 0.533. The Bertz CT molecular complexity index is 564. The Morgan fingerprint density at radius 1 is 1.33 bits per heavy atom. The Balaban J connectivity index is 2.00. The maximum absolute atomic E-state index is 11.9. The lowest BCUT2D eigenvalue weighted by Gasteiger charge is -2.37. The van der Waals surface area contributed by atoms with Crippen molar-refractivity contribution in [2.45, 2.75) is 31.3 Å². The first-order chi connectivity index (χ1) is 10.1. The van der Waals surface area contributed by atoms with Gasteiger partial charge in [-0.1, -0.05) is 11.6 Å². The summed E-state index contributed by atoms with van der Waals surface area (Å²) < 4.78 is 11.3. The minimum Gasteiger partial charge on any atom is -0.489 e. The van der Waals surface area contributed by atoms with Crippen molar-refractivity contribution < 1.29 is 14.3 Å². The molecule has 2 N–H and O–H groups in total. The highest BCUT2D eigenvalue weighted by Gasteiger charge is 2.33. The topological polar surface area (TPSA) is 64.8 Å². The molecular weight excluding hydrogens is 292 g/mol. The summed E-state index contributed by atoms with van der Waals surface area (Å²) in [6.45, 7) is 1.19. The van der Waals surface area contributed by atoms with E-state index in [1.165, 1.54) is 0 Å². The molecule has 6 heteroatoms. The number of halogens is 1. The molecule has 2 heterocycles. The van der Waals surface area contributed by atoms with Crippen molar-refractivity contribution in [3.05, 3.63) is 22.7 Å². The van der Waals surface area contributed by atoms with Gasteiger partial charge in [-0.05, 0) is 24.1 Å². The molecule has 0 aliphatic carbocycles. The minimum atomic E-state index is -0.180. The van der Waals surface area contributed by atoms with E-state index in [0.29, 0.717) is 42.6 Å². The second-order valence-corrected chi connectivity index (χ2v) is 5.94. The third kappa shape index (κ3) is 2.68. The summed E-state index contributed by atoms with van der Waals surface area (Å²) in [6.07, 6.45) is 1.99. The lowest BCUT2D eigenvalue weighted by atomic mass is 9.91. The third-order valence-corrected chi connectivity index (χ3v) is 4.35. The number of fused-ring (bicyclic) bond motifs is 1. The minimum absolute atomic E-state index is 0.102. The molecule has 2 aliphatic rings. The van der Waals surface area contributed by atoms with E-state index in [1.807, 2.05) is 12.1 Å². The lowest BCUT2D eigenvalue weighted by molar-refractivity contribution is -0.135. The Labute approximate surface area is 128 Å². The molecule has 1 aromatic rings. The van der Waals surface area contributed by atoms with Crippen LogP contribution >= 0.6 is 11.6 Å². The quantitative estimate of drug-likeness (QED) is 0.863. The van der Waals surface area contributed by atoms with Crippen molar-refractivity contribution in [1.82, 2.24) is 4.90 Å².